The molecule has 0 amide bonds. The van der Waals surface area contributed by atoms with Crippen molar-refractivity contribution in [3.63, 3.8) is 0 Å². The van der Waals surface area contributed by atoms with Gasteiger partial charge in [0.25, 0.3) is 0 Å². The van der Waals surface area contributed by atoms with E-state index in [9.17, 15) is 0 Å². The van der Waals surface area contributed by atoms with Crippen LogP contribution >= 0.6 is 0 Å². The van der Waals surface area contributed by atoms with Crippen molar-refractivity contribution in [2.45, 2.75) is 103 Å². The molecule has 4 nitrogen and oxygen atoms in total. The van der Waals surface area contributed by atoms with Gasteiger partial charge in [-0.3, -0.25) is 0 Å². The highest BCUT2D eigenvalue weighted by atomic mass is 16.5. The Morgan fingerprint density at radius 1 is 1.15 bits per heavy atom. The molecule has 0 unspecified atom stereocenters. The third-order valence-electron chi connectivity index (χ3n) is 6.70. The van der Waals surface area contributed by atoms with Gasteiger partial charge in [0.1, 0.15) is 0 Å². The first-order valence-corrected chi connectivity index (χ1v) is 11.4. The molecule has 0 aromatic heterocycles. The summed E-state index contributed by atoms with van der Waals surface area (Å²) in [5.41, 5.74) is 6.11. The van der Waals surface area contributed by atoms with Crippen LogP contribution < -0.4 is 11.1 Å². The zero-order valence-corrected chi connectivity index (χ0v) is 17.9. The van der Waals surface area contributed by atoms with E-state index in [1.165, 1.54) is 58.0 Å². The van der Waals surface area contributed by atoms with Crippen LogP contribution in [0.4, 0.5) is 0 Å². The SMILES string of the molecule is CCCN(CCCN[C@@H](C)[C@H](N)CC)C1CCC(OC[C@@H]2C[C@@H]2C)CC1. The number of hydrogen-bond donors (Lipinski definition) is 2. The van der Waals surface area contributed by atoms with Crippen molar-refractivity contribution < 1.29 is 4.74 Å². The van der Waals surface area contributed by atoms with Crippen LogP contribution in [-0.2, 0) is 4.74 Å². The lowest BCUT2D eigenvalue weighted by Gasteiger charge is -2.37. The molecule has 2 rings (SSSR count). The van der Waals surface area contributed by atoms with E-state index in [4.69, 9.17) is 10.5 Å². The summed E-state index contributed by atoms with van der Waals surface area (Å²) in [5, 5.41) is 3.61. The number of rotatable bonds is 13. The van der Waals surface area contributed by atoms with E-state index in [0.29, 0.717) is 12.1 Å². The van der Waals surface area contributed by atoms with E-state index in [2.05, 4.69) is 37.9 Å². The summed E-state index contributed by atoms with van der Waals surface area (Å²) >= 11 is 0. The van der Waals surface area contributed by atoms with E-state index < -0.39 is 0 Å². The maximum atomic E-state index is 6.18. The van der Waals surface area contributed by atoms with Crippen LogP contribution in [0.15, 0.2) is 0 Å². The Morgan fingerprint density at radius 3 is 2.42 bits per heavy atom. The first-order valence-electron chi connectivity index (χ1n) is 11.4. The first-order chi connectivity index (χ1) is 12.5. The normalized spacial score (nSPS) is 31.2. The molecule has 4 atom stereocenters. The van der Waals surface area contributed by atoms with Gasteiger partial charge < -0.3 is 20.7 Å². The van der Waals surface area contributed by atoms with E-state index in [-0.39, 0.29) is 6.04 Å². The molecule has 0 aromatic rings. The van der Waals surface area contributed by atoms with Gasteiger partial charge >= 0.3 is 0 Å². The molecule has 154 valence electrons. The Labute approximate surface area is 162 Å². The quantitative estimate of drug-likeness (QED) is 0.486. The van der Waals surface area contributed by atoms with Crippen LogP contribution in [0.2, 0.25) is 0 Å². The Hall–Kier alpha value is -0.160. The number of nitrogens with one attached hydrogen (secondary N) is 1. The molecule has 3 N–H and O–H groups in total. The van der Waals surface area contributed by atoms with Crippen molar-refractivity contribution in [3.8, 4) is 0 Å². The highest BCUT2D eigenvalue weighted by Crippen LogP contribution is 2.38. The molecule has 2 aliphatic rings. The van der Waals surface area contributed by atoms with Gasteiger partial charge in [0.15, 0.2) is 0 Å². The lowest BCUT2D eigenvalue weighted by atomic mass is 9.91. The Balaban J connectivity index is 1.62. The second kappa shape index (κ2) is 11.6. The maximum absolute atomic E-state index is 6.18. The molecule has 2 saturated carbocycles. The van der Waals surface area contributed by atoms with Crippen LogP contribution in [0.25, 0.3) is 0 Å². The summed E-state index contributed by atoms with van der Waals surface area (Å²) in [7, 11) is 0. The monoisotopic (exact) mass is 367 g/mol. The Bertz CT molecular complexity index is 370. The van der Waals surface area contributed by atoms with Gasteiger partial charge in [-0.1, -0.05) is 20.8 Å². The minimum Gasteiger partial charge on any atom is -0.378 e. The minimum absolute atomic E-state index is 0.274. The van der Waals surface area contributed by atoms with E-state index in [0.717, 1.165) is 37.5 Å². The average molecular weight is 368 g/mol. The van der Waals surface area contributed by atoms with Gasteiger partial charge in [-0.25, -0.2) is 0 Å². The predicted octanol–water partition coefficient (Wildman–Crippen LogP) is 3.79. The highest BCUT2D eigenvalue weighted by molar-refractivity contribution is 4.84. The van der Waals surface area contributed by atoms with Crippen molar-refractivity contribution >= 4 is 0 Å². The molecule has 0 saturated heterocycles. The van der Waals surface area contributed by atoms with Gasteiger partial charge in [-0.05, 0) is 89.8 Å². The molecule has 2 fully saturated rings. The van der Waals surface area contributed by atoms with Crippen LogP contribution in [0.3, 0.4) is 0 Å². The van der Waals surface area contributed by atoms with Crippen LogP contribution in [0, 0.1) is 11.8 Å². The largest absolute Gasteiger partial charge is 0.378 e. The second-order valence-electron chi connectivity index (χ2n) is 8.94. The molecule has 0 aromatic carbocycles. The predicted molar refractivity (Wildman–Crippen MR) is 111 cm³/mol. The lowest BCUT2D eigenvalue weighted by molar-refractivity contribution is 0.000799. The molecule has 0 radical (unpaired) electrons. The number of ether oxygens (including phenoxy) is 1. The standard InChI is InChI=1S/C22H45N3O/c1-5-13-25(14-7-12-24-18(4)22(23)6-2)20-8-10-21(11-9-20)26-16-19-15-17(19)3/h17-22,24H,5-16,23H2,1-4H3/t17-,18-,19-,20?,21?,22+/m0/s1. The lowest BCUT2D eigenvalue weighted by Crippen LogP contribution is -2.44. The van der Waals surface area contributed by atoms with Crippen LogP contribution in [0.5, 0.6) is 0 Å². The van der Waals surface area contributed by atoms with E-state index in [1.807, 2.05) is 0 Å². The molecule has 0 aliphatic heterocycles. The Morgan fingerprint density at radius 2 is 1.85 bits per heavy atom. The summed E-state index contributed by atoms with van der Waals surface area (Å²) in [5.74, 6) is 1.77. The summed E-state index contributed by atoms with van der Waals surface area (Å²) < 4.78 is 6.18. The van der Waals surface area contributed by atoms with Crippen molar-refractivity contribution in [3.05, 3.63) is 0 Å². The minimum atomic E-state index is 0.274. The average Bonchev–Trinajstić information content (AvgIpc) is 3.37. The zero-order valence-electron chi connectivity index (χ0n) is 17.9. The second-order valence-corrected chi connectivity index (χ2v) is 8.94. The molecule has 0 heterocycles. The van der Waals surface area contributed by atoms with Gasteiger partial charge in [0.2, 0.25) is 0 Å². The third-order valence-corrected chi connectivity index (χ3v) is 6.70. The molecule has 2 aliphatic carbocycles. The smallest absolute Gasteiger partial charge is 0.0576 e. The summed E-state index contributed by atoms with van der Waals surface area (Å²) in [6.07, 6.45) is 10.6. The third kappa shape index (κ3) is 7.46. The number of nitrogens with two attached hydrogens (primary N) is 1. The molecule has 0 spiro atoms. The topological polar surface area (TPSA) is 50.5 Å². The fourth-order valence-electron chi connectivity index (χ4n) is 4.35. The highest BCUT2D eigenvalue weighted by Gasteiger charge is 2.34. The molecule has 0 bridgehead atoms. The number of hydrogen-bond acceptors (Lipinski definition) is 4. The molecule has 4 heteroatoms. The fourth-order valence-corrected chi connectivity index (χ4v) is 4.35. The summed E-state index contributed by atoms with van der Waals surface area (Å²) in [4.78, 5) is 2.74. The first kappa shape index (κ1) is 22.1. The van der Waals surface area contributed by atoms with Crippen molar-refractivity contribution in [2.75, 3.05) is 26.2 Å². The zero-order chi connectivity index (χ0) is 18.9. The fraction of sp³-hybridized carbons (Fsp3) is 1.00. The van der Waals surface area contributed by atoms with Gasteiger partial charge in [-0.15, -0.1) is 0 Å². The molecule has 26 heavy (non-hydrogen) atoms. The Kier molecular flexibility index (Phi) is 9.90. The van der Waals surface area contributed by atoms with E-state index in [1.54, 1.807) is 0 Å². The molecular weight excluding hydrogens is 322 g/mol. The van der Waals surface area contributed by atoms with Crippen molar-refractivity contribution in [1.82, 2.24) is 10.2 Å². The maximum Gasteiger partial charge on any atom is 0.0576 e. The van der Waals surface area contributed by atoms with E-state index >= 15 is 0 Å². The van der Waals surface area contributed by atoms with Crippen molar-refractivity contribution in [1.29, 1.82) is 0 Å². The van der Waals surface area contributed by atoms with Gasteiger partial charge in [0.05, 0.1) is 12.7 Å². The van der Waals surface area contributed by atoms with Crippen molar-refractivity contribution in [2.24, 2.45) is 17.6 Å². The van der Waals surface area contributed by atoms with Crippen LogP contribution in [0.1, 0.15) is 79.1 Å². The van der Waals surface area contributed by atoms with Gasteiger partial charge in [-0.2, -0.15) is 0 Å². The number of nitrogens with zero attached hydrogens (tertiary/aromatic N) is 1. The summed E-state index contributed by atoms with van der Waals surface area (Å²) in [6.45, 7) is 13.6. The molecular formula is C22H45N3O. The summed E-state index contributed by atoms with van der Waals surface area (Å²) in [6, 6.07) is 1.46. The van der Waals surface area contributed by atoms with Gasteiger partial charge in [0, 0.05) is 18.1 Å². The van der Waals surface area contributed by atoms with Crippen LogP contribution in [-0.4, -0.2) is 55.4 Å².